The van der Waals surface area contributed by atoms with E-state index in [0.717, 1.165) is 0 Å². The zero-order valence-electron chi connectivity index (χ0n) is 10.2. The van der Waals surface area contributed by atoms with Crippen LogP contribution in [0.1, 0.15) is 66.2 Å². The zero-order chi connectivity index (χ0) is 9.95. The Bertz CT molecular complexity index is 142. The van der Waals surface area contributed by atoms with Gasteiger partial charge in [0.25, 0.3) is 0 Å². The maximum atomic E-state index is 3.92. The normalized spacial score (nSPS) is 23.1. The highest BCUT2D eigenvalue weighted by molar-refractivity contribution is 14.0. The van der Waals surface area contributed by atoms with Crippen LogP contribution in [0.25, 0.3) is 0 Å². The summed E-state index contributed by atoms with van der Waals surface area (Å²) in [7, 11) is 0. The Morgan fingerprint density at radius 3 is 1.21 bits per heavy atom. The molecule has 0 aliphatic carbocycles. The van der Waals surface area contributed by atoms with Crippen molar-refractivity contribution in [3.8, 4) is 0 Å². The Labute approximate surface area is 106 Å². The molecule has 0 aromatic carbocycles. The van der Waals surface area contributed by atoms with Gasteiger partial charge in [0.15, 0.2) is 0 Å². The maximum absolute atomic E-state index is 3.92. The molecular formula is C12H26IN. The molecule has 86 valence electrons. The second-order valence-electron chi connectivity index (χ2n) is 4.60. The summed E-state index contributed by atoms with van der Waals surface area (Å²) in [6.07, 6.45) is 7.89. The van der Waals surface area contributed by atoms with Crippen molar-refractivity contribution in [2.24, 2.45) is 0 Å². The van der Waals surface area contributed by atoms with Gasteiger partial charge in [0, 0.05) is 11.1 Å². The maximum Gasteiger partial charge on any atom is 0.0182 e. The molecule has 1 saturated heterocycles. The topological polar surface area (TPSA) is 12.0 Å². The molecule has 1 N–H and O–H groups in total. The van der Waals surface area contributed by atoms with Crippen molar-refractivity contribution in [3.05, 3.63) is 0 Å². The predicted octanol–water partition coefficient (Wildman–Crippen LogP) is 4.11. The smallest absolute Gasteiger partial charge is 0.0182 e. The van der Waals surface area contributed by atoms with Crippen molar-refractivity contribution in [1.29, 1.82) is 0 Å². The van der Waals surface area contributed by atoms with Gasteiger partial charge in [-0.05, 0) is 38.5 Å². The van der Waals surface area contributed by atoms with Crippen LogP contribution in [0.15, 0.2) is 0 Å². The molecule has 0 radical (unpaired) electrons. The highest BCUT2D eigenvalue weighted by atomic mass is 127. The summed E-state index contributed by atoms with van der Waals surface area (Å²) in [6.45, 7) is 9.27. The van der Waals surface area contributed by atoms with Crippen LogP contribution in [0, 0.1) is 0 Å². The third-order valence-corrected chi connectivity index (χ3v) is 4.32. The van der Waals surface area contributed by atoms with Crippen LogP contribution in [0.4, 0.5) is 0 Å². The fourth-order valence-corrected chi connectivity index (χ4v) is 2.73. The Morgan fingerprint density at radius 1 is 0.786 bits per heavy atom. The molecule has 14 heavy (non-hydrogen) atoms. The Hall–Kier alpha value is 0.690. The molecule has 0 aromatic heterocycles. The van der Waals surface area contributed by atoms with E-state index in [4.69, 9.17) is 0 Å². The van der Waals surface area contributed by atoms with E-state index >= 15 is 0 Å². The van der Waals surface area contributed by atoms with E-state index < -0.39 is 0 Å². The lowest BCUT2D eigenvalue weighted by Gasteiger charge is -2.34. The summed E-state index contributed by atoms with van der Waals surface area (Å²) in [4.78, 5) is 0. The van der Waals surface area contributed by atoms with Gasteiger partial charge in [-0.15, -0.1) is 24.0 Å². The molecule has 2 heteroatoms. The molecule has 1 heterocycles. The first-order valence-corrected chi connectivity index (χ1v) is 5.95. The van der Waals surface area contributed by atoms with E-state index in [2.05, 4.69) is 33.0 Å². The van der Waals surface area contributed by atoms with E-state index in [1.54, 1.807) is 0 Å². The third kappa shape index (κ3) is 2.63. The van der Waals surface area contributed by atoms with Crippen LogP contribution in [0.2, 0.25) is 0 Å². The SMILES string of the molecule is CCC1(CC)CCC(CC)(CC)N1.I. The fraction of sp³-hybridized carbons (Fsp3) is 1.00. The number of nitrogens with one attached hydrogen (secondary N) is 1. The molecule has 0 bridgehead atoms. The summed E-state index contributed by atoms with van der Waals surface area (Å²) in [6, 6.07) is 0. The van der Waals surface area contributed by atoms with Crippen LogP contribution < -0.4 is 5.32 Å². The van der Waals surface area contributed by atoms with Crippen LogP contribution in [0.3, 0.4) is 0 Å². The van der Waals surface area contributed by atoms with Crippen molar-refractivity contribution >= 4 is 24.0 Å². The van der Waals surface area contributed by atoms with Gasteiger partial charge in [0.05, 0.1) is 0 Å². The summed E-state index contributed by atoms with van der Waals surface area (Å²) in [5.74, 6) is 0. The molecule has 1 nitrogen and oxygen atoms in total. The Morgan fingerprint density at radius 2 is 1.07 bits per heavy atom. The largest absolute Gasteiger partial charge is 0.306 e. The lowest BCUT2D eigenvalue weighted by molar-refractivity contribution is 0.263. The van der Waals surface area contributed by atoms with Crippen LogP contribution >= 0.6 is 24.0 Å². The zero-order valence-corrected chi connectivity index (χ0v) is 12.5. The van der Waals surface area contributed by atoms with Crippen LogP contribution in [-0.4, -0.2) is 11.1 Å². The molecule has 0 aromatic rings. The molecule has 1 aliphatic heterocycles. The van der Waals surface area contributed by atoms with Crippen molar-refractivity contribution < 1.29 is 0 Å². The lowest BCUT2D eigenvalue weighted by Crippen LogP contribution is -2.49. The van der Waals surface area contributed by atoms with E-state index in [9.17, 15) is 0 Å². The van der Waals surface area contributed by atoms with E-state index in [1.807, 2.05) is 0 Å². The first-order chi connectivity index (χ1) is 6.16. The van der Waals surface area contributed by atoms with E-state index in [1.165, 1.54) is 38.5 Å². The minimum absolute atomic E-state index is 0. The second-order valence-corrected chi connectivity index (χ2v) is 4.60. The average molecular weight is 311 g/mol. The quantitative estimate of drug-likeness (QED) is 0.771. The molecule has 0 amide bonds. The van der Waals surface area contributed by atoms with Gasteiger partial charge in [-0.1, -0.05) is 27.7 Å². The van der Waals surface area contributed by atoms with Crippen LogP contribution in [-0.2, 0) is 0 Å². The summed E-state index contributed by atoms with van der Waals surface area (Å²) in [5.41, 5.74) is 0.929. The first kappa shape index (κ1) is 14.7. The Balaban J connectivity index is 0.00000169. The minimum atomic E-state index is 0. The van der Waals surface area contributed by atoms with E-state index in [0.29, 0.717) is 11.1 Å². The van der Waals surface area contributed by atoms with Crippen molar-refractivity contribution in [2.75, 3.05) is 0 Å². The summed E-state index contributed by atoms with van der Waals surface area (Å²) in [5, 5.41) is 3.92. The molecule has 1 fully saturated rings. The summed E-state index contributed by atoms with van der Waals surface area (Å²) < 4.78 is 0. The first-order valence-electron chi connectivity index (χ1n) is 5.95. The minimum Gasteiger partial charge on any atom is -0.306 e. The molecule has 1 aliphatic rings. The van der Waals surface area contributed by atoms with Crippen molar-refractivity contribution in [2.45, 2.75) is 77.3 Å². The molecule has 0 atom stereocenters. The van der Waals surface area contributed by atoms with Crippen molar-refractivity contribution in [3.63, 3.8) is 0 Å². The van der Waals surface area contributed by atoms with Gasteiger partial charge >= 0.3 is 0 Å². The van der Waals surface area contributed by atoms with Crippen LogP contribution in [0.5, 0.6) is 0 Å². The van der Waals surface area contributed by atoms with Gasteiger partial charge in [-0.3, -0.25) is 0 Å². The number of rotatable bonds is 4. The van der Waals surface area contributed by atoms with E-state index in [-0.39, 0.29) is 24.0 Å². The van der Waals surface area contributed by atoms with Gasteiger partial charge < -0.3 is 5.32 Å². The highest BCUT2D eigenvalue weighted by Crippen LogP contribution is 2.38. The average Bonchev–Trinajstić information content (AvgIpc) is 2.59. The lowest BCUT2D eigenvalue weighted by atomic mass is 9.90. The van der Waals surface area contributed by atoms with Gasteiger partial charge in [0.1, 0.15) is 0 Å². The van der Waals surface area contributed by atoms with Gasteiger partial charge in [0.2, 0.25) is 0 Å². The fourth-order valence-electron chi connectivity index (χ4n) is 2.73. The monoisotopic (exact) mass is 311 g/mol. The van der Waals surface area contributed by atoms with Crippen molar-refractivity contribution in [1.82, 2.24) is 5.32 Å². The molecular weight excluding hydrogens is 285 g/mol. The number of halogens is 1. The Kier molecular flexibility index (Phi) is 5.97. The second kappa shape index (κ2) is 5.69. The van der Waals surface area contributed by atoms with Gasteiger partial charge in [-0.25, -0.2) is 0 Å². The standard InChI is InChI=1S/C12H25N.HI/c1-5-11(6-2)9-10-12(7-3,8-4)13-11;/h13H,5-10H2,1-4H3;1H. The summed E-state index contributed by atoms with van der Waals surface area (Å²) >= 11 is 0. The molecule has 0 unspecified atom stereocenters. The van der Waals surface area contributed by atoms with Gasteiger partial charge in [-0.2, -0.15) is 0 Å². The predicted molar refractivity (Wildman–Crippen MR) is 74.4 cm³/mol. The highest BCUT2D eigenvalue weighted by Gasteiger charge is 2.42. The molecule has 1 rings (SSSR count). The third-order valence-electron chi connectivity index (χ3n) is 4.32. The molecule has 0 spiro atoms. The molecule has 0 saturated carbocycles. The number of hydrogen-bond donors (Lipinski definition) is 1. The number of hydrogen-bond acceptors (Lipinski definition) is 1.